The van der Waals surface area contributed by atoms with Crippen molar-refractivity contribution in [1.29, 1.82) is 0 Å². The summed E-state index contributed by atoms with van der Waals surface area (Å²) in [6.45, 7) is 9.95. The summed E-state index contributed by atoms with van der Waals surface area (Å²) in [7, 11) is 0. The molecule has 3 aromatic rings. The van der Waals surface area contributed by atoms with Gasteiger partial charge in [0.25, 0.3) is 0 Å². The predicted molar refractivity (Wildman–Crippen MR) is 164 cm³/mol. The smallest absolute Gasteiger partial charge is 0.0906 e. The normalized spacial score (nSPS) is 21.6. The first kappa shape index (κ1) is 27.6. The molecule has 0 saturated carbocycles. The standard InChI is InChI=1S/C37H42F2/c1-5-9-19-36(18-7-3)32-17-16-26-14-10-11-15-27(26)35(32)30-25-33-29(24-34(30)36)28(13-6-2)31(8-4)37(33,21-23-39)20-12-22-38/h6,8,10-11,13-17,24-25H,4-5,7,9,12,18-23H2,1-3H3/b13-6-. The van der Waals surface area contributed by atoms with Gasteiger partial charge in [0.2, 0.25) is 0 Å². The molecule has 0 saturated heterocycles. The monoisotopic (exact) mass is 524 g/mol. The van der Waals surface area contributed by atoms with Gasteiger partial charge >= 0.3 is 0 Å². The minimum Gasteiger partial charge on any atom is -0.251 e. The average Bonchev–Trinajstić information content (AvgIpc) is 3.37. The summed E-state index contributed by atoms with van der Waals surface area (Å²) in [5.41, 5.74) is 9.39. The maximum atomic E-state index is 14.3. The van der Waals surface area contributed by atoms with Crippen LogP contribution in [-0.2, 0) is 10.8 Å². The summed E-state index contributed by atoms with van der Waals surface area (Å²) < 4.78 is 28.0. The Hall–Kier alpha value is -3.00. The van der Waals surface area contributed by atoms with E-state index in [4.69, 9.17) is 0 Å². The second-order valence-electron chi connectivity index (χ2n) is 11.4. The van der Waals surface area contributed by atoms with Crippen molar-refractivity contribution >= 4 is 16.3 Å². The van der Waals surface area contributed by atoms with Gasteiger partial charge < -0.3 is 0 Å². The fourth-order valence-electron chi connectivity index (χ4n) is 7.89. The molecular formula is C37H42F2. The largest absolute Gasteiger partial charge is 0.251 e. The molecule has 0 fully saturated rings. The number of hydrogen-bond donors (Lipinski definition) is 0. The van der Waals surface area contributed by atoms with Crippen molar-refractivity contribution in [1.82, 2.24) is 0 Å². The van der Waals surface area contributed by atoms with Gasteiger partial charge in [-0.05, 0) is 106 Å². The molecule has 0 nitrogen and oxygen atoms in total. The number of alkyl halides is 2. The number of benzene rings is 3. The first-order chi connectivity index (χ1) is 19.1. The summed E-state index contributed by atoms with van der Waals surface area (Å²) in [5.74, 6) is 0. The maximum Gasteiger partial charge on any atom is 0.0906 e. The molecule has 0 heterocycles. The Labute approximate surface area is 233 Å². The van der Waals surface area contributed by atoms with Crippen LogP contribution in [0.3, 0.4) is 0 Å². The fourth-order valence-corrected chi connectivity index (χ4v) is 7.89. The van der Waals surface area contributed by atoms with Crippen LogP contribution in [0.15, 0.2) is 78.9 Å². The summed E-state index contributed by atoms with van der Waals surface area (Å²) >= 11 is 0. The maximum absolute atomic E-state index is 14.3. The minimum absolute atomic E-state index is 0.0475. The molecule has 0 bridgehead atoms. The van der Waals surface area contributed by atoms with Gasteiger partial charge in [0, 0.05) is 10.8 Å². The molecule has 39 heavy (non-hydrogen) atoms. The van der Waals surface area contributed by atoms with Gasteiger partial charge in [-0.15, -0.1) is 0 Å². The Bertz CT molecular complexity index is 1440. The van der Waals surface area contributed by atoms with Crippen LogP contribution in [0.4, 0.5) is 8.78 Å². The van der Waals surface area contributed by atoms with Crippen LogP contribution in [0.25, 0.3) is 27.5 Å². The molecule has 2 aliphatic rings. The lowest BCUT2D eigenvalue weighted by Crippen LogP contribution is -2.28. The van der Waals surface area contributed by atoms with Crippen LogP contribution >= 0.6 is 0 Å². The third kappa shape index (κ3) is 4.14. The molecule has 204 valence electrons. The van der Waals surface area contributed by atoms with Crippen molar-refractivity contribution in [2.24, 2.45) is 0 Å². The summed E-state index contributed by atoms with van der Waals surface area (Å²) in [6.07, 6.45) is 13.1. The second kappa shape index (κ2) is 11.2. The van der Waals surface area contributed by atoms with Crippen LogP contribution < -0.4 is 0 Å². The van der Waals surface area contributed by atoms with Gasteiger partial charge in [-0.3, -0.25) is 8.78 Å². The zero-order valence-corrected chi connectivity index (χ0v) is 23.9. The molecule has 2 aliphatic carbocycles. The molecule has 0 radical (unpaired) electrons. The number of halogens is 2. The number of allylic oxidation sites excluding steroid dienone is 5. The molecule has 2 heteroatoms. The highest BCUT2D eigenvalue weighted by atomic mass is 19.1. The Morgan fingerprint density at radius 1 is 0.769 bits per heavy atom. The molecule has 0 aromatic heterocycles. The quantitative estimate of drug-likeness (QED) is 0.221. The SMILES string of the molecule is C=CC1=C(/C=C\C)c2cc3c(cc2C1(CCF)CCCF)-c1c(ccc2ccccc12)C3(CCC)CCCC. The summed E-state index contributed by atoms with van der Waals surface area (Å²) in [4.78, 5) is 0. The fraction of sp³-hybridized carbons (Fsp3) is 0.405. The van der Waals surface area contributed by atoms with Gasteiger partial charge in [0.05, 0.1) is 13.3 Å². The van der Waals surface area contributed by atoms with Crippen molar-refractivity contribution in [3.05, 3.63) is 101 Å². The first-order valence-corrected chi connectivity index (χ1v) is 14.9. The van der Waals surface area contributed by atoms with Gasteiger partial charge in [0.1, 0.15) is 0 Å². The van der Waals surface area contributed by atoms with Crippen molar-refractivity contribution in [2.75, 3.05) is 13.3 Å². The van der Waals surface area contributed by atoms with Crippen molar-refractivity contribution in [2.45, 2.75) is 83.0 Å². The lowest BCUT2D eigenvalue weighted by atomic mass is 9.69. The highest BCUT2D eigenvalue weighted by Gasteiger charge is 2.48. The number of hydrogen-bond acceptors (Lipinski definition) is 0. The van der Waals surface area contributed by atoms with E-state index in [0.29, 0.717) is 19.3 Å². The van der Waals surface area contributed by atoms with Crippen LogP contribution in [0.2, 0.25) is 0 Å². The van der Waals surface area contributed by atoms with Crippen LogP contribution in [0.5, 0.6) is 0 Å². The van der Waals surface area contributed by atoms with Crippen molar-refractivity contribution < 1.29 is 8.78 Å². The third-order valence-corrected chi connectivity index (χ3v) is 9.43. The van der Waals surface area contributed by atoms with E-state index in [1.54, 1.807) is 0 Å². The molecule has 2 atom stereocenters. The van der Waals surface area contributed by atoms with Gasteiger partial charge in [-0.2, -0.15) is 0 Å². The van der Waals surface area contributed by atoms with Gasteiger partial charge in [-0.25, -0.2) is 0 Å². The van der Waals surface area contributed by atoms with E-state index in [2.05, 4.69) is 81.1 Å². The summed E-state index contributed by atoms with van der Waals surface area (Å²) in [5, 5.41) is 2.53. The van der Waals surface area contributed by atoms with E-state index in [0.717, 1.165) is 42.4 Å². The minimum atomic E-state index is -0.564. The number of unbranched alkanes of at least 4 members (excludes halogenated alkanes) is 1. The Morgan fingerprint density at radius 2 is 1.51 bits per heavy atom. The molecule has 0 spiro atoms. The van der Waals surface area contributed by atoms with E-state index in [1.165, 1.54) is 45.0 Å². The van der Waals surface area contributed by atoms with Crippen LogP contribution in [-0.4, -0.2) is 13.3 Å². The van der Waals surface area contributed by atoms with E-state index < -0.39 is 18.8 Å². The number of rotatable bonds is 12. The molecule has 2 unspecified atom stereocenters. The van der Waals surface area contributed by atoms with Crippen molar-refractivity contribution in [3.8, 4) is 11.1 Å². The highest BCUT2D eigenvalue weighted by molar-refractivity contribution is 6.04. The van der Waals surface area contributed by atoms with Gasteiger partial charge in [0.15, 0.2) is 0 Å². The molecule has 0 amide bonds. The van der Waals surface area contributed by atoms with Gasteiger partial charge in [-0.1, -0.05) is 94.3 Å². The second-order valence-corrected chi connectivity index (χ2v) is 11.4. The summed E-state index contributed by atoms with van der Waals surface area (Å²) in [6, 6.07) is 18.2. The van der Waals surface area contributed by atoms with Crippen LogP contribution in [0, 0.1) is 0 Å². The van der Waals surface area contributed by atoms with Crippen molar-refractivity contribution in [3.63, 3.8) is 0 Å². The van der Waals surface area contributed by atoms with E-state index in [-0.39, 0.29) is 5.41 Å². The molecule has 5 rings (SSSR count). The predicted octanol–water partition coefficient (Wildman–Crippen LogP) is 11.0. The molecular weight excluding hydrogens is 482 g/mol. The zero-order valence-electron chi connectivity index (χ0n) is 23.9. The van der Waals surface area contributed by atoms with E-state index >= 15 is 0 Å². The lowest BCUT2D eigenvalue weighted by molar-refractivity contribution is 0.338. The van der Waals surface area contributed by atoms with E-state index in [1.807, 2.05) is 13.0 Å². The Morgan fingerprint density at radius 3 is 2.21 bits per heavy atom. The Balaban J connectivity index is 1.90. The zero-order chi connectivity index (χ0) is 27.6. The third-order valence-electron chi connectivity index (χ3n) is 9.43. The molecule has 0 aliphatic heterocycles. The van der Waals surface area contributed by atoms with Crippen LogP contribution in [0.1, 0.15) is 94.4 Å². The Kier molecular flexibility index (Phi) is 7.94. The average molecular weight is 525 g/mol. The molecule has 3 aromatic carbocycles. The number of fused-ring (bicyclic) bond motifs is 6. The van der Waals surface area contributed by atoms with E-state index in [9.17, 15) is 8.78 Å². The first-order valence-electron chi connectivity index (χ1n) is 14.9. The highest BCUT2D eigenvalue weighted by Crippen LogP contribution is 2.60. The topological polar surface area (TPSA) is 0 Å². The molecule has 0 N–H and O–H groups in total. The lowest BCUT2D eigenvalue weighted by Gasteiger charge is -2.34.